The first-order valence-corrected chi connectivity index (χ1v) is 10.7. The lowest BCUT2D eigenvalue weighted by molar-refractivity contribution is -0.132. The molecule has 1 saturated carbocycles. The highest BCUT2D eigenvalue weighted by Crippen LogP contribution is 2.32. The molecule has 1 N–H and O–H groups in total. The highest BCUT2D eigenvalue weighted by atomic mass is 16.6. The minimum absolute atomic E-state index is 0.0264. The topological polar surface area (TPSA) is 60.5 Å². The highest BCUT2D eigenvalue weighted by molar-refractivity contribution is 5.79. The molecule has 1 saturated heterocycles. The lowest BCUT2D eigenvalue weighted by Gasteiger charge is -2.32. The fourth-order valence-corrected chi connectivity index (χ4v) is 4.25. The molecule has 0 spiro atoms. The number of nitrogens with zero attached hydrogens (tertiary/aromatic N) is 1. The van der Waals surface area contributed by atoms with Gasteiger partial charge in [-0.2, -0.15) is 0 Å². The zero-order valence-electron chi connectivity index (χ0n) is 16.8. The highest BCUT2D eigenvalue weighted by Gasteiger charge is 2.31. The van der Waals surface area contributed by atoms with Gasteiger partial charge >= 0.3 is 0 Å². The molecule has 27 heavy (non-hydrogen) atoms. The van der Waals surface area contributed by atoms with Crippen LogP contribution in [0.15, 0.2) is 18.2 Å². The van der Waals surface area contributed by atoms with Crippen LogP contribution in [0.25, 0.3) is 0 Å². The van der Waals surface area contributed by atoms with Gasteiger partial charge < -0.3 is 14.8 Å². The Morgan fingerprint density at radius 1 is 1.19 bits per heavy atom. The Morgan fingerprint density at radius 3 is 2.63 bits per heavy atom. The third kappa shape index (κ3) is 5.29. The number of hydrogen-bond donors (Lipinski definition) is 1. The molecule has 150 valence electrons. The van der Waals surface area contributed by atoms with Crippen molar-refractivity contribution < 1.29 is 14.3 Å². The van der Waals surface area contributed by atoms with Gasteiger partial charge in [0.05, 0.1) is 31.6 Å². The van der Waals surface area contributed by atoms with E-state index in [4.69, 9.17) is 14.5 Å². The van der Waals surface area contributed by atoms with Crippen LogP contribution in [0.2, 0.25) is 0 Å². The summed E-state index contributed by atoms with van der Waals surface area (Å²) in [5.74, 6) is 0.653. The van der Waals surface area contributed by atoms with Gasteiger partial charge in [-0.3, -0.25) is 9.78 Å². The summed E-state index contributed by atoms with van der Waals surface area (Å²) in [6, 6.07) is 5.97. The third-order valence-electron chi connectivity index (χ3n) is 6.00. The van der Waals surface area contributed by atoms with Crippen molar-refractivity contribution >= 4 is 5.91 Å². The van der Waals surface area contributed by atoms with Gasteiger partial charge in [-0.25, -0.2) is 0 Å². The Labute approximate surface area is 163 Å². The first-order valence-electron chi connectivity index (χ1n) is 10.7. The minimum atomic E-state index is -0.262. The molecule has 1 aliphatic heterocycles. The van der Waals surface area contributed by atoms with Gasteiger partial charge in [-0.05, 0) is 37.8 Å². The van der Waals surface area contributed by atoms with Crippen LogP contribution in [0, 0.1) is 5.92 Å². The largest absolute Gasteiger partial charge is 0.376 e. The molecule has 3 rings (SSSR count). The van der Waals surface area contributed by atoms with Gasteiger partial charge in [0.2, 0.25) is 5.91 Å². The molecule has 1 aromatic heterocycles. The Bertz CT molecular complexity index is 591. The van der Waals surface area contributed by atoms with E-state index in [0.717, 1.165) is 24.2 Å². The maximum Gasteiger partial charge on any atom is 0.223 e. The summed E-state index contributed by atoms with van der Waals surface area (Å²) in [5, 5.41) is 3.23. The van der Waals surface area contributed by atoms with Crippen molar-refractivity contribution in [1.29, 1.82) is 0 Å². The molecule has 5 nitrogen and oxygen atoms in total. The fraction of sp³-hybridized carbons (Fsp3) is 0.727. The number of amides is 1. The summed E-state index contributed by atoms with van der Waals surface area (Å²) in [5.41, 5.74) is 2.05. The summed E-state index contributed by atoms with van der Waals surface area (Å²) in [7, 11) is 0. The van der Waals surface area contributed by atoms with Crippen LogP contribution in [0.4, 0.5) is 0 Å². The van der Waals surface area contributed by atoms with Crippen LogP contribution in [-0.4, -0.2) is 36.8 Å². The standard InChI is InChI=1S/C22H34N2O3/c1-3-16(4-2)22(25)24-21(20-15-26-13-14-27-20)19-12-8-11-18(23-19)17-9-6-5-7-10-17/h8,11-12,16-17,20-21H,3-7,9-10,13-15H2,1-2H3,(H,24,25). The molecule has 5 heteroatoms. The summed E-state index contributed by atoms with van der Waals surface area (Å²) in [4.78, 5) is 17.8. The van der Waals surface area contributed by atoms with Gasteiger partial charge in [0.15, 0.2) is 0 Å². The number of ether oxygens (including phenoxy) is 2. The van der Waals surface area contributed by atoms with E-state index < -0.39 is 0 Å². The van der Waals surface area contributed by atoms with Crippen molar-refractivity contribution in [3.63, 3.8) is 0 Å². The van der Waals surface area contributed by atoms with E-state index in [9.17, 15) is 4.79 Å². The molecule has 1 aromatic rings. The maximum atomic E-state index is 12.8. The van der Waals surface area contributed by atoms with E-state index in [-0.39, 0.29) is 24.0 Å². The number of aromatic nitrogens is 1. The predicted molar refractivity (Wildman–Crippen MR) is 106 cm³/mol. The van der Waals surface area contributed by atoms with E-state index in [0.29, 0.717) is 25.7 Å². The Kier molecular flexibility index (Phi) is 7.65. The van der Waals surface area contributed by atoms with Gasteiger partial charge in [-0.1, -0.05) is 39.2 Å². The van der Waals surface area contributed by atoms with E-state index in [2.05, 4.69) is 31.3 Å². The summed E-state index contributed by atoms with van der Waals surface area (Å²) in [6.45, 7) is 5.78. The molecule has 1 amide bonds. The Hall–Kier alpha value is -1.46. The normalized spacial score (nSPS) is 22.6. The third-order valence-corrected chi connectivity index (χ3v) is 6.00. The Morgan fingerprint density at radius 2 is 1.96 bits per heavy atom. The molecular formula is C22H34N2O3. The molecular weight excluding hydrogens is 340 g/mol. The van der Waals surface area contributed by atoms with Crippen LogP contribution in [0.1, 0.15) is 82.1 Å². The first-order chi connectivity index (χ1) is 13.2. The molecule has 2 atom stereocenters. The minimum Gasteiger partial charge on any atom is -0.376 e. The monoisotopic (exact) mass is 374 g/mol. The zero-order chi connectivity index (χ0) is 19.1. The van der Waals surface area contributed by atoms with Gasteiger partial charge in [0.1, 0.15) is 6.10 Å². The molecule has 2 unspecified atom stereocenters. The van der Waals surface area contributed by atoms with Crippen molar-refractivity contribution in [1.82, 2.24) is 10.3 Å². The summed E-state index contributed by atoms with van der Waals surface area (Å²) < 4.78 is 11.6. The molecule has 1 aliphatic carbocycles. The zero-order valence-corrected chi connectivity index (χ0v) is 16.8. The van der Waals surface area contributed by atoms with Crippen molar-refractivity contribution in [2.75, 3.05) is 19.8 Å². The van der Waals surface area contributed by atoms with E-state index in [1.807, 2.05) is 6.07 Å². The second kappa shape index (κ2) is 10.2. The predicted octanol–water partition coefficient (Wildman–Crippen LogP) is 4.14. The van der Waals surface area contributed by atoms with E-state index >= 15 is 0 Å². The van der Waals surface area contributed by atoms with Crippen molar-refractivity contribution in [2.45, 2.75) is 76.9 Å². The lowest BCUT2D eigenvalue weighted by atomic mass is 9.86. The number of hydrogen-bond acceptors (Lipinski definition) is 4. The first kappa shape index (κ1) is 20.3. The number of pyridine rings is 1. The lowest BCUT2D eigenvalue weighted by Crippen LogP contribution is -2.45. The van der Waals surface area contributed by atoms with Crippen LogP contribution in [0.5, 0.6) is 0 Å². The average molecular weight is 375 g/mol. The van der Waals surface area contributed by atoms with E-state index in [1.54, 1.807) is 0 Å². The quantitative estimate of drug-likeness (QED) is 0.779. The molecule has 0 radical (unpaired) electrons. The maximum absolute atomic E-state index is 12.8. The smallest absolute Gasteiger partial charge is 0.223 e. The number of rotatable bonds is 7. The summed E-state index contributed by atoms with van der Waals surface area (Å²) in [6.07, 6.45) is 7.81. The van der Waals surface area contributed by atoms with E-state index in [1.165, 1.54) is 32.1 Å². The number of carbonyl (C=O) groups excluding carboxylic acids is 1. The molecule has 0 bridgehead atoms. The van der Waals surface area contributed by atoms with Crippen LogP contribution in [-0.2, 0) is 14.3 Å². The van der Waals surface area contributed by atoms with Crippen molar-refractivity contribution in [3.8, 4) is 0 Å². The molecule has 2 aliphatic rings. The fourth-order valence-electron chi connectivity index (χ4n) is 4.25. The second-order valence-corrected chi connectivity index (χ2v) is 7.81. The molecule has 2 heterocycles. The Balaban J connectivity index is 1.81. The second-order valence-electron chi connectivity index (χ2n) is 7.81. The van der Waals surface area contributed by atoms with Gasteiger partial charge in [0.25, 0.3) is 0 Å². The van der Waals surface area contributed by atoms with Crippen LogP contribution < -0.4 is 5.32 Å². The van der Waals surface area contributed by atoms with Gasteiger partial charge in [0, 0.05) is 17.5 Å². The summed E-state index contributed by atoms with van der Waals surface area (Å²) >= 11 is 0. The number of carbonyl (C=O) groups is 1. The van der Waals surface area contributed by atoms with Crippen LogP contribution in [0.3, 0.4) is 0 Å². The average Bonchev–Trinajstić information content (AvgIpc) is 2.74. The van der Waals surface area contributed by atoms with Gasteiger partial charge in [-0.15, -0.1) is 0 Å². The number of nitrogens with one attached hydrogen (secondary N) is 1. The molecule has 0 aromatic carbocycles. The SMILES string of the molecule is CCC(CC)C(=O)NC(c1cccc(C2CCCCC2)n1)C1COCCO1. The van der Waals surface area contributed by atoms with Crippen LogP contribution >= 0.6 is 0 Å². The van der Waals surface area contributed by atoms with Crippen molar-refractivity contribution in [2.24, 2.45) is 5.92 Å². The van der Waals surface area contributed by atoms with Crippen molar-refractivity contribution in [3.05, 3.63) is 29.6 Å². The molecule has 2 fully saturated rings.